The second-order valence-corrected chi connectivity index (χ2v) is 5.75. The molecule has 92 valence electrons. The van der Waals surface area contributed by atoms with Crippen molar-refractivity contribution in [3.8, 4) is 0 Å². The summed E-state index contributed by atoms with van der Waals surface area (Å²) >= 11 is 0. The molecule has 2 heterocycles. The van der Waals surface area contributed by atoms with E-state index in [4.69, 9.17) is 0 Å². The van der Waals surface area contributed by atoms with Gasteiger partial charge in [-0.2, -0.15) is 0 Å². The lowest BCUT2D eigenvalue weighted by Crippen LogP contribution is -2.39. The summed E-state index contributed by atoms with van der Waals surface area (Å²) in [5, 5.41) is 0. The molecule has 0 radical (unpaired) electrons. The van der Waals surface area contributed by atoms with Crippen molar-refractivity contribution in [3.63, 3.8) is 0 Å². The van der Waals surface area contributed by atoms with Gasteiger partial charge in [0, 0.05) is 25.5 Å². The molecule has 0 bridgehead atoms. The van der Waals surface area contributed by atoms with Crippen LogP contribution in [-0.4, -0.2) is 23.1 Å². The van der Waals surface area contributed by atoms with Gasteiger partial charge in [0.2, 0.25) is 5.95 Å². The largest absolute Gasteiger partial charge is 0.341 e. The third-order valence-corrected chi connectivity index (χ3v) is 4.54. The van der Waals surface area contributed by atoms with E-state index in [0.717, 1.165) is 24.6 Å². The highest BCUT2D eigenvalue weighted by Gasteiger charge is 2.37. The molecule has 0 atom stereocenters. The van der Waals surface area contributed by atoms with Gasteiger partial charge in [-0.1, -0.05) is 12.8 Å². The Labute approximate surface area is 103 Å². The maximum absolute atomic E-state index is 4.43. The van der Waals surface area contributed by atoms with Crippen LogP contribution in [0.2, 0.25) is 0 Å². The molecule has 0 aromatic carbocycles. The number of piperidine rings is 1. The van der Waals surface area contributed by atoms with Crippen LogP contribution in [0.5, 0.6) is 0 Å². The molecule has 0 N–H and O–H groups in total. The minimum Gasteiger partial charge on any atom is -0.341 e. The van der Waals surface area contributed by atoms with Gasteiger partial charge in [0.25, 0.3) is 0 Å². The first-order valence-corrected chi connectivity index (χ1v) is 6.81. The highest BCUT2D eigenvalue weighted by Crippen LogP contribution is 2.46. The van der Waals surface area contributed by atoms with Gasteiger partial charge < -0.3 is 4.90 Å². The molecule has 1 aliphatic heterocycles. The molecule has 1 aromatic rings. The molecule has 3 heteroatoms. The van der Waals surface area contributed by atoms with Gasteiger partial charge in [0.1, 0.15) is 0 Å². The summed E-state index contributed by atoms with van der Waals surface area (Å²) in [6.45, 7) is 4.32. The van der Waals surface area contributed by atoms with E-state index in [2.05, 4.69) is 14.9 Å². The van der Waals surface area contributed by atoms with E-state index in [1.54, 1.807) is 0 Å². The number of hydrogen-bond donors (Lipinski definition) is 0. The summed E-state index contributed by atoms with van der Waals surface area (Å²) in [4.78, 5) is 11.2. The van der Waals surface area contributed by atoms with Gasteiger partial charge in [-0.25, -0.2) is 9.97 Å². The number of hydrogen-bond acceptors (Lipinski definition) is 3. The molecule has 0 unspecified atom stereocenters. The summed E-state index contributed by atoms with van der Waals surface area (Å²) in [5.41, 5.74) is 1.82. The highest BCUT2D eigenvalue weighted by molar-refractivity contribution is 5.30. The van der Waals surface area contributed by atoms with E-state index in [1.807, 2.05) is 19.3 Å². The summed E-state index contributed by atoms with van der Waals surface area (Å²) in [7, 11) is 0. The summed E-state index contributed by atoms with van der Waals surface area (Å²) in [6, 6.07) is 0. The predicted octanol–water partition coefficient (Wildman–Crippen LogP) is 2.95. The van der Waals surface area contributed by atoms with E-state index in [1.165, 1.54) is 38.5 Å². The fraction of sp³-hybridized carbons (Fsp3) is 0.714. The lowest BCUT2D eigenvalue weighted by Gasteiger charge is -2.39. The Kier molecular flexibility index (Phi) is 2.77. The number of anilines is 1. The smallest absolute Gasteiger partial charge is 0.225 e. The Balaban J connectivity index is 1.66. The zero-order chi connectivity index (χ0) is 11.7. The van der Waals surface area contributed by atoms with E-state index >= 15 is 0 Å². The van der Waals surface area contributed by atoms with Crippen LogP contribution < -0.4 is 4.90 Å². The molecule has 2 aliphatic rings. The first kappa shape index (κ1) is 11.0. The van der Waals surface area contributed by atoms with Crippen LogP contribution in [0.1, 0.15) is 44.1 Å². The normalized spacial score (nSPS) is 23.2. The minimum absolute atomic E-state index is 0.682. The number of aromatic nitrogens is 2. The van der Waals surface area contributed by atoms with Crippen LogP contribution in [0.3, 0.4) is 0 Å². The molecule has 1 aliphatic carbocycles. The van der Waals surface area contributed by atoms with Crippen LogP contribution in [0, 0.1) is 12.3 Å². The fourth-order valence-electron chi connectivity index (χ4n) is 3.36. The average molecular weight is 231 g/mol. The van der Waals surface area contributed by atoms with Crippen LogP contribution in [0.15, 0.2) is 12.4 Å². The average Bonchev–Trinajstić information content (AvgIpc) is 2.80. The summed E-state index contributed by atoms with van der Waals surface area (Å²) < 4.78 is 0. The van der Waals surface area contributed by atoms with Crippen molar-refractivity contribution in [2.45, 2.75) is 45.4 Å². The molecule has 1 aromatic heterocycles. The molecular weight excluding hydrogens is 210 g/mol. The first-order chi connectivity index (χ1) is 8.27. The Morgan fingerprint density at radius 3 is 2.18 bits per heavy atom. The third kappa shape index (κ3) is 2.15. The van der Waals surface area contributed by atoms with E-state index in [-0.39, 0.29) is 0 Å². The monoisotopic (exact) mass is 231 g/mol. The number of rotatable bonds is 1. The van der Waals surface area contributed by atoms with Gasteiger partial charge in [-0.05, 0) is 43.6 Å². The molecule has 1 spiro atoms. The molecular formula is C14H21N3. The topological polar surface area (TPSA) is 29.0 Å². The molecule has 17 heavy (non-hydrogen) atoms. The Morgan fingerprint density at radius 2 is 1.59 bits per heavy atom. The van der Waals surface area contributed by atoms with Gasteiger partial charge in [-0.15, -0.1) is 0 Å². The third-order valence-electron chi connectivity index (χ3n) is 4.54. The SMILES string of the molecule is Cc1cnc(N2CCC3(CCCC3)CC2)nc1. The van der Waals surface area contributed by atoms with Crippen molar-refractivity contribution in [1.29, 1.82) is 0 Å². The summed E-state index contributed by atoms with van der Waals surface area (Å²) in [6.07, 6.45) is 12.3. The van der Waals surface area contributed by atoms with Crippen molar-refractivity contribution in [2.24, 2.45) is 5.41 Å². The molecule has 1 saturated carbocycles. The lowest BCUT2D eigenvalue weighted by atomic mass is 9.77. The van der Waals surface area contributed by atoms with Crippen LogP contribution >= 0.6 is 0 Å². The van der Waals surface area contributed by atoms with Gasteiger partial charge in [0.05, 0.1) is 0 Å². The molecule has 3 rings (SSSR count). The van der Waals surface area contributed by atoms with Crippen molar-refractivity contribution >= 4 is 5.95 Å². The highest BCUT2D eigenvalue weighted by atomic mass is 15.2. The van der Waals surface area contributed by atoms with Gasteiger partial charge in [-0.3, -0.25) is 0 Å². The zero-order valence-electron chi connectivity index (χ0n) is 10.7. The van der Waals surface area contributed by atoms with Crippen LogP contribution in [0.25, 0.3) is 0 Å². The first-order valence-electron chi connectivity index (χ1n) is 6.81. The number of aryl methyl sites for hydroxylation is 1. The molecule has 2 fully saturated rings. The van der Waals surface area contributed by atoms with Crippen LogP contribution in [-0.2, 0) is 0 Å². The van der Waals surface area contributed by atoms with E-state index in [9.17, 15) is 0 Å². The van der Waals surface area contributed by atoms with Crippen molar-refractivity contribution in [2.75, 3.05) is 18.0 Å². The zero-order valence-corrected chi connectivity index (χ0v) is 10.7. The lowest BCUT2D eigenvalue weighted by molar-refractivity contribution is 0.225. The molecule has 0 amide bonds. The Bertz CT molecular complexity index is 369. The van der Waals surface area contributed by atoms with Crippen molar-refractivity contribution in [1.82, 2.24) is 9.97 Å². The predicted molar refractivity (Wildman–Crippen MR) is 69.1 cm³/mol. The standard InChI is InChI=1S/C14H21N3/c1-12-10-15-13(16-11-12)17-8-6-14(7-9-17)4-2-3-5-14/h10-11H,2-9H2,1H3. The second kappa shape index (κ2) is 4.28. The molecule has 1 saturated heterocycles. The fourth-order valence-corrected chi connectivity index (χ4v) is 3.36. The van der Waals surface area contributed by atoms with E-state index in [0.29, 0.717) is 5.41 Å². The van der Waals surface area contributed by atoms with E-state index < -0.39 is 0 Å². The minimum atomic E-state index is 0.682. The Hall–Kier alpha value is -1.12. The van der Waals surface area contributed by atoms with Crippen LogP contribution in [0.4, 0.5) is 5.95 Å². The number of nitrogens with zero attached hydrogens (tertiary/aromatic N) is 3. The maximum Gasteiger partial charge on any atom is 0.225 e. The summed E-state index contributed by atoms with van der Waals surface area (Å²) in [5.74, 6) is 0.920. The quantitative estimate of drug-likeness (QED) is 0.744. The van der Waals surface area contributed by atoms with Crippen molar-refractivity contribution in [3.05, 3.63) is 18.0 Å². The van der Waals surface area contributed by atoms with Gasteiger partial charge in [0.15, 0.2) is 0 Å². The Morgan fingerprint density at radius 1 is 1.00 bits per heavy atom. The second-order valence-electron chi connectivity index (χ2n) is 5.75. The van der Waals surface area contributed by atoms with Gasteiger partial charge >= 0.3 is 0 Å². The van der Waals surface area contributed by atoms with Crippen molar-refractivity contribution < 1.29 is 0 Å². The molecule has 3 nitrogen and oxygen atoms in total. The maximum atomic E-state index is 4.43.